The molecule has 3 aromatic rings. The molecule has 0 saturated carbocycles. The molecule has 0 aliphatic carbocycles. The monoisotopic (exact) mass is 315 g/mol. The summed E-state index contributed by atoms with van der Waals surface area (Å²) in [4.78, 5) is 5.96. The maximum absolute atomic E-state index is 9.24. The van der Waals surface area contributed by atoms with E-state index in [1.165, 1.54) is 10.4 Å². The Labute approximate surface area is 132 Å². The van der Waals surface area contributed by atoms with Crippen molar-refractivity contribution in [1.82, 2.24) is 9.55 Å². The van der Waals surface area contributed by atoms with Gasteiger partial charge in [-0.15, -0.1) is 22.9 Å². The van der Waals surface area contributed by atoms with Crippen LogP contribution in [-0.4, -0.2) is 15.4 Å². The van der Waals surface area contributed by atoms with Gasteiger partial charge in [0.2, 0.25) is 0 Å². The van der Waals surface area contributed by atoms with Gasteiger partial charge in [0.1, 0.15) is 17.4 Å². The van der Waals surface area contributed by atoms with Crippen LogP contribution in [0.2, 0.25) is 0 Å². The van der Waals surface area contributed by atoms with Gasteiger partial charge in [-0.05, 0) is 36.1 Å². The summed E-state index contributed by atoms with van der Waals surface area (Å²) in [5.74, 6) is 1.46. The quantitative estimate of drug-likeness (QED) is 0.680. The highest BCUT2D eigenvalue weighted by Gasteiger charge is 2.14. The molecular formula is C16H14ClN3S. The summed E-state index contributed by atoms with van der Waals surface area (Å²) < 4.78 is 2.18. The number of thiophene rings is 1. The van der Waals surface area contributed by atoms with Crippen LogP contribution in [0.15, 0.2) is 29.6 Å². The molecule has 1 aromatic carbocycles. The minimum atomic E-state index is 0.522. The predicted molar refractivity (Wildman–Crippen MR) is 87.0 cm³/mol. The van der Waals surface area contributed by atoms with Crippen molar-refractivity contribution in [3.63, 3.8) is 0 Å². The summed E-state index contributed by atoms with van der Waals surface area (Å²) in [6, 6.07) is 10.1. The molecule has 0 bridgehead atoms. The molecule has 3 rings (SSSR count). The third kappa shape index (κ3) is 2.55. The largest absolute Gasteiger partial charge is 0.323 e. The molecule has 0 radical (unpaired) electrons. The first kappa shape index (κ1) is 14.1. The molecule has 0 aliphatic heterocycles. The van der Waals surface area contributed by atoms with Crippen LogP contribution >= 0.6 is 22.9 Å². The molecule has 3 nitrogen and oxygen atoms in total. The van der Waals surface area contributed by atoms with E-state index in [-0.39, 0.29) is 0 Å². The van der Waals surface area contributed by atoms with Gasteiger partial charge in [-0.1, -0.05) is 6.07 Å². The van der Waals surface area contributed by atoms with Crippen LogP contribution in [0.25, 0.3) is 11.0 Å². The fourth-order valence-corrected chi connectivity index (χ4v) is 3.51. The number of nitriles is 1. The van der Waals surface area contributed by atoms with E-state index in [1.54, 1.807) is 17.4 Å². The highest BCUT2D eigenvalue weighted by Crippen LogP contribution is 2.24. The molecule has 0 aliphatic rings. The summed E-state index contributed by atoms with van der Waals surface area (Å²) in [6.07, 6.45) is 0.700. The number of hydrogen-bond acceptors (Lipinski definition) is 3. The van der Waals surface area contributed by atoms with Gasteiger partial charge in [-0.3, -0.25) is 0 Å². The second kappa shape index (κ2) is 5.88. The maximum atomic E-state index is 9.24. The molecule has 21 heavy (non-hydrogen) atoms. The number of fused-ring (bicyclic) bond motifs is 1. The van der Waals surface area contributed by atoms with Crippen LogP contribution in [0.5, 0.6) is 0 Å². The van der Waals surface area contributed by atoms with Gasteiger partial charge >= 0.3 is 0 Å². The van der Waals surface area contributed by atoms with Crippen molar-refractivity contribution in [2.24, 2.45) is 0 Å². The third-order valence-electron chi connectivity index (χ3n) is 3.57. The summed E-state index contributed by atoms with van der Waals surface area (Å²) in [5, 5.41) is 11.3. The molecule has 2 aromatic heterocycles. The Morgan fingerprint density at radius 3 is 2.90 bits per heavy atom. The molecule has 0 N–H and O–H groups in total. The number of aromatic nitrogens is 2. The number of aryl methyl sites for hydroxylation is 2. The fourth-order valence-electron chi connectivity index (χ4n) is 2.45. The highest BCUT2D eigenvalue weighted by molar-refractivity contribution is 7.10. The maximum Gasteiger partial charge on any atom is 0.111 e. The molecule has 5 heteroatoms. The number of benzene rings is 1. The van der Waals surface area contributed by atoms with Gasteiger partial charge in [0, 0.05) is 17.2 Å². The zero-order valence-corrected chi connectivity index (χ0v) is 13.2. The summed E-state index contributed by atoms with van der Waals surface area (Å²) in [7, 11) is 0. The molecule has 0 saturated heterocycles. The van der Waals surface area contributed by atoms with Crippen LogP contribution in [0.3, 0.4) is 0 Å². The van der Waals surface area contributed by atoms with E-state index in [0.29, 0.717) is 17.9 Å². The van der Waals surface area contributed by atoms with Crippen LogP contribution in [0, 0.1) is 18.3 Å². The van der Waals surface area contributed by atoms with Crippen molar-refractivity contribution >= 4 is 34.0 Å². The van der Waals surface area contributed by atoms with Crippen molar-refractivity contribution in [2.75, 3.05) is 5.88 Å². The molecule has 0 unspecified atom stereocenters. The molecule has 0 spiro atoms. The Balaban J connectivity index is 2.17. The average molecular weight is 316 g/mol. The average Bonchev–Trinajstić information content (AvgIpc) is 3.05. The molecule has 106 valence electrons. The Morgan fingerprint density at radius 1 is 1.38 bits per heavy atom. The smallest absolute Gasteiger partial charge is 0.111 e. The van der Waals surface area contributed by atoms with Crippen LogP contribution in [0.1, 0.15) is 21.8 Å². The Kier molecular flexibility index (Phi) is 3.96. The van der Waals surface area contributed by atoms with E-state index in [4.69, 9.17) is 11.6 Å². The van der Waals surface area contributed by atoms with E-state index in [2.05, 4.69) is 34.0 Å². The van der Waals surface area contributed by atoms with Crippen molar-refractivity contribution in [1.29, 1.82) is 5.26 Å². The minimum Gasteiger partial charge on any atom is -0.323 e. The first-order chi connectivity index (χ1) is 10.2. The van der Waals surface area contributed by atoms with E-state index in [0.717, 1.165) is 23.4 Å². The van der Waals surface area contributed by atoms with Gasteiger partial charge < -0.3 is 4.57 Å². The predicted octanol–water partition coefficient (Wildman–Crippen LogP) is 4.11. The van der Waals surface area contributed by atoms with Crippen LogP contribution in [0.4, 0.5) is 0 Å². The zero-order chi connectivity index (χ0) is 14.8. The number of hydrogen-bond donors (Lipinski definition) is 0. The van der Waals surface area contributed by atoms with Gasteiger partial charge in [0.25, 0.3) is 0 Å². The second-order valence-electron chi connectivity index (χ2n) is 4.87. The number of rotatable bonds is 4. The van der Waals surface area contributed by atoms with Gasteiger partial charge in [-0.2, -0.15) is 5.26 Å². The number of halogens is 1. The van der Waals surface area contributed by atoms with Gasteiger partial charge in [0.15, 0.2) is 0 Å². The van der Waals surface area contributed by atoms with E-state index in [9.17, 15) is 5.26 Å². The van der Waals surface area contributed by atoms with E-state index < -0.39 is 0 Å². The number of para-hydroxylation sites is 1. The lowest BCUT2D eigenvalue weighted by molar-refractivity contribution is 0.760. The Morgan fingerprint density at radius 2 is 2.24 bits per heavy atom. The van der Waals surface area contributed by atoms with Crippen molar-refractivity contribution in [3.05, 3.63) is 51.5 Å². The van der Waals surface area contributed by atoms with Crippen LogP contribution in [-0.2, 0) is 13.0 Å². The van der Waals surface area contributed by atoms with Crippen molar-refractivity contribution in [3.8, 4) is 6.07 Å². The van der Waals surface area contributed by atoms with Crippen molar-refractivity contribution in [2.45, 2.75) is 19.9 Å². The SMILES string of the molecule is Cc1ccsc1Cn1c(CCCl)nc2c(C#N)cccc21. The standard InChI is InChI=1S/C16H14ClN3S/c1-11-6-8-21-14(11)10-20-13-4-2-3-12(9-18)16(13)19-15(20)5-7-17/h2-4,6,8H,5,7,10H2,1H3. The number of imidazole rings is 1. The Bertz CT molecular complexity index is 826. The van der Waals surface area contributed by atoms with Gasteiger partial charge in [0.05, 0.1) is 17.6 Å². The Hall–Kier alpha value is -1.83. The summed E-state index contributed by atoms with van der Waals surface area (Å²) >= 11 is 7.65. The third-order valence-corrected chi connectivity index (χ3v) is 4.76. The normalized spacial score (nSPS) is 10.9. The zero-order valence-electron chi connectivity index (χ0n) is 11.6. The molecule has 0 amide bonds. The first-order valence-electron chi connectivity index (χ1n) is 6.71. The van der Waals surface area contributed by atoms with E-state index in [1.807, 2.05) is 12.1 Å². The van der Waals surface area contributed by atoms with Gasteiger partial charge in [-0.25, -0.2) is 4.98 Å². The van der Waals surface area contributed by atoms with Crippen LogP contribution < -0.4 is 0 Å². The lowest BCUT2D eigenvalue weighted by atomic mass is 10.2. The second-order valence-corrected chi connectivity index (χ2v) is 6.24. The van der Waals surface area contributed by atoms with Crippen molar-refractivity contribution < 1.29 is 0 Å². The number of alkyl halides is 1. The number of nitrogens with zero attached hydrogens (tertiary/aromatic N) is 3. The molecular weight excluding hydrogens is 302 g/mol. The summed E-state index contributed by atoms with van der Waals surface area (Å²) in [5.41, 5.74) is 3.68. The molecule has 0 atom stereocenters. The minimum absolute atomic E-state index is 0.522. The molecule has 0 fully saturated rings. The first-order valence-corrected chi connectivity index (χ1v) is 8.13. The lowest BCUT2D eigenvalue weighted by Gasteiger charge is -2.08. The lowest BCUT2D eigenvalue weighted by Crippen LogP contribution is -2.05. The van der Waals surface area contributed by atoms with E-state index >= 15 is 0 Å². The highest BCUT2D eigenvalue weighted by atomic mass is 35.5. The summed E-state index contributed by atoms with van der Waals surface area (Å²) in [6.45, 7) is 2.90. The topological polar surface area (TPSA) is 41.6 Å². The molecule has 2 heterocycles. The fraction of sp³-hybridized carbons (Fsp3) is 0.250.